The molecule has 0 radical (unpaired) electrons. The van der Waals surface area contributed by atoms with Gasteiger partial charge >= 0.3 is 0 Å². The predicted molar refractivity (Wildman–Crippen MR) is 63.4 cm³/mol. The molecule has 1 aliphatic carbocycles. The summed E-state index contributed by atoms with van der Waals surface area (Å²) in [6, 6.07) is 7.68. The smallest absolute Gasteiger partial charge is 0.223 e. The van der Waals surface area contributed by atoms with Crippen molar-refractivity contribution in [2.75, 3.05) is 6.54 Å². The van der Waals surface area contributed by atoms with Gasteiger partial charge in [0.05, 0.1) is 0 Å². The van der Waals surface area contributed by atoms with E-state index >= 15 is 0 Å². The number of carbonyl (C=O) groups is 1. The minimum atomic E-state index is 0.168. The van der Waals surface area contributed by atoms with Gasteiger partial charge in [0, 0.05) is 18.9 Å². The van der Waals surface area contributed by atoms with Gasteiger partial charge in [-0.15, -0.1) is 0 Å². The Morgan fingerprint density at radius 3 is 3.00 bits per heavy atom. The normalized spacial score (nSPS) is 15.1. The molecule has 0 aliphatic heterocycles. The van der Waals surface area contributed by atoms with Crippen LogP contribution in [-0.2, 0) is 11.2 Å². The second-order valence-electron chi connectivity index (χ2n) is 4.39. The first-order valence-corrected chi connectivity index (χ1v) is 5.95. The largest absolute Gasteiger partial charge is 0.441 e. The maximum atomic E-state index is 11.4. The summed E-state index contributed by atoms with van der Waals surface area (Å²) in [5.41, 5.74) is 1.67. The van der Waals surface area contributed by atoms with Gasteiger partial charge in [-0.25, -0.2) is 4.98 Å². The Morgan fingerprint density at radius 2 is 2.24 bits per heavy atom. The Morgan fingerprint density at radius 1 is 1.41 bits per heavy atom. The monoisotopic (exact) mass is 230 g/mol. The third-order valence-electron chi connectivity index (χ3n) is 2.92. The number of rotatable bonds is 4. The lowest BCUT2D eigenvalue weighted by molar-refractivity contribution is -0.122. The van der Waals surface area contributed by atoms with Gasteiger partial charge in [0.15, 0.2) is 11.5 Å². The first kappa shape index (κ1) is 10.3. The number of amides is 1. The SMILES string of the molecule is O=C(NCCc1nc2ccccc2o1)C1CC1. The number of fused-ring (bicyclic) bond motifs is 1. The van der Waals surface area contributed by atoms with Crippen LogP contribution in [0, 0.1) is 5.92 Å². The molecule has 3 rings (SSSR count). The van der Waals surface area contributed by atoms with E-state index in [1.54, 1.807) is 0 Å². The summed E-state index contributed by atoms with van der Waals surface area (Å²) in [6.45, 7) is 0.599. The Kier molecular flexibility index (Phi) is 2.55. The number of benzene rings is 1. The number of nitrogens with one attached hydrogen (secondary N) is 1. The van der Waals surface area contributed by atoms with Crippen LogP contribution in [0.25, 0.3) is 11.1 Å². The summed E-state index contributed by atoms with van der Waals surface area (Å²) >= 11 is 0. The van der Waals surface area contributed by atoms with Crippen LogP contribution in [0.3, 0.4) is 0 Å². The molecule has 0 saturated heterocycles. The lowest BCUT2D eigenvalue weighted by atomic mass is 10.3. The lowest BCUT2D eigenvalue weighted by Gasteiger charge is -2.00. The minimum absolute atomic E-state index is 0.168. The van der Waals surface area contributed by atoms with Crippen molar-refractivity contribution in [1.29, 1.82) is 0 Å². The van der Waals surface area contributed by atoms with Gasteiger partial charge < -0.3 is 9.73 Å². The molecule has 1 fully saturated rings. The van der Waals surface area contributed by atoms with Crippen molar-refractivity contribution in [3.05, 3.63) is 30.2 Å². The van der Waals surface area contributed by atoms with Crippen molar-refractivity contribution in [3.8, 4) is 0 Å². The maximum Gasteiger partial charge on any atom is 0.223 e. The van der Waals surface area contributed by atoms with E-state index in [4.69, 9.17) is 4.42 Å². The highest BCUT2D eigenvalue weighted by Crippen LogP contribution is 2.28. The Hall–Kier alpha value is -1.84. The summed E-state index contributed by atoms with van der Waals surface area (Å²) in [4.78, 5) is 15.8. The van der Waals surface area contributed by atoms with Crippen LogP contribution in [0.2, 0.25) is 0 Å². The molecule has 1 aromatic carbocycles. The molecule has 1 aliphatic rings. The van der Waals surface area contributed by atoms with Gasteiger partial charge in [-0.1, -0.05) is 12.1 Å². The van der Waals surface area contributed by atoms with Crippen molar-refractivity contribution in [2.45, 2.75) is 19.3 Å². The van der Waals surface area contributed by atoms with Gasteiger partial charge in [0.2, 0.25) is 5.91 Å². The number of oxazole rings is 1. The van der Waals surface area contributed by atoms with E-state index in [0.717, 1.165) is 23.9 Å². The molecule has 4 heteroatoms. The Bertz CT molecular complexity index is 510. The van der Waals surface area contributed by atoms with Crippen LogP contribution in [-0.4, -0.2) is 17.4 Å². The summed E-state index contributed by atoms with van der Waals surface area (Å²) < 4.78 is 5.56. The first-order chi connectivity index (χ1) is 8.33. The number of nitrogens with zero attached hydrogens (tertiary/aromatic N) is 1. The summed E-state index contributed by atoms with van der Waals surface area (Å²) in [7, 11) is 0. The van der Waals surface area contributed by atoms with E-state index in [2.05, 4.69) is 10.3 Å². The van der Waals surface area contributed by atoms with Crippen LogP contribution < -0.4 is 5.32 Å². The Balaban J connectivity index is 1.58. The Labute approximate surface area is 99.0 Å². The van der Waals surface area contributed by atoms with E-state index < -0.39 is 0 Å². The van der Waals surface area contributed by atoms with Crippen LogP contribution in [0.4, 0.5) is 0 Å². The van der Waals surface area contributed by atoms with E-state index in [0.29, 0.717) is 18.9 Å². The summed E-state index contributed by atoms with van der Waals surface area (Å²) in [5, 5.41) is 2.90. The third kappa shape index (κ3) is 2.30. The molecule has 1 saturated carbocycles. The van der Waals surface area contributed by atoms with Gasteiger partial charge in [0.1, 0.15) is 5.52 Å². The summed E-state index contributed by atoms with van der Waals surface area (Å²) in [5.74, 6) is 1.11. The van der Waals surface area contributed by atoms with E-state index in [-0.39, 0.29) is 11.8 Å². The molecule has 1 N–H and O–H groups in total. The number of para-hydroxylation sites is 2. The standard InChI is InChI=1S/C13H14N2O2/c16-13(9-5-6-9)14-8-7-12-15-10-3-1-2-4-11(10)17-12/h1-4,9H,5-8H2,(H,14,16). The molecule has 0 spiro atoms. The van der Waals surface area contributed by atoms with Gasteiger partial charge in [-0.3, -0.25) is 4.79 Å². The number of carbonyl (C=O) groups excluding carboxylic acids is 1. The molecule has 0 atom stereocenters. The topological polar surface area (TPSA) is 55.1 Å². The number of hydrogen-bond acceptors (Lipinski definition) is 3. The molecule has 0 bridgehead atoms. The molecular weight excluding hydrogens is 216 g/mol. The summed E-state index contributed by atoms with van der Waals surface area (Å²) in [6.07, 6.45) is 2.72. The highest BCUT2D eigenvalue weighted by atomic mass is 16.3. The highest BCUT2D eigenvalue weighted by Gasteiger charge is 2.29. The maximum absolute atomic E-state index is 11.4. The van der Waals surface area contributed by atoms with Gasteiger partial charge in [-0.2, -0.15) is 0 Å². The van der Waals surface area contributed by atoms with Crippen molar-refractivity contribution in [3.63, 3.8) is 0 Å². The fourth-order valence-corrected chi connectivity index (χ4v) is 1.81. The molecule has 0 unspecified atom stereocenters. The van der Waals surface area contributed by atoms with Crippen molar-refractivity contribution in [1.82, 2.24) is 10.3 Å². The molecule has 4 nitrogen and oxygen atoms in total. The molecule has 17 heavy (non-hydrogen) atoms. The fourth-order valence-electron chi connectivity index (χ4n) is 1.81. The zero-order valence-electron chi connectivity index (χ0n) is 9.48. The van der Waals surface area contributed by atoms with Crippen molar-refractivity contribution in [2.24, 2.45) is 5.92 Å². The molecule has 88 valence electrons. The highest BCUT2D eigenvalue weighted by molar-refractivity contribution is 5.80. The van der Waals surface area contributed by atoms with Crippen LogP contribution in [0.5, 0.6) is 0 Å². The van der Waals surface area contributed by atoms with Crippen LogP contribution >= 0.6 is 0 Å². The molecular formula is C13H14N2O2. The van der Waals surface area contributed by atoms with Crippen molar-refractivity contribution >= 4 is 17.0 Å². The quantitative estimate of drug-likeness (QED) is 0.872. The number of aromatic nitrogens is 1. The average Bonchev–Trinajstić information content (AvgIpc) is 3.09. The van der Waals surface area contributed by atoms with Crippen LogP contribution in [0.1, 0.15) is 18.7 Å². The molecule has 1 aromatic heterocycles. The zero-order chi connectivity index (χ0) is 11.7. The minimum Gasteiger partial charge on any atom is -0.441 e. The second kappa shape index (κ2) is 4.20. The van der Waals surface area contributed by atoms with Crippen LogP contribution in [0.15, 0.2) is 28.7 Å². The lowest BCUT2D eigenvalue weighted by Crippen LogP contribution is -2.26. The average molecular weight is 230 g/mol. The van der Waals surface area contributed by atoms with E-state index in [9.17, 15) is 4.79 Å². The predicted octanol–water partition coefficient (Wildman–Crippen LogP) is 1.90. The van der Waals surface area contributed by atoms with E-state index in [1.807, 2.05) is 24.3 Å². The van der Waals surface area contributed by atoms with Crippen molar-refractivity contribution < 1.29 is 9.21 Å². The number of hydrogen-bond donors (Lipinski definition) is 1. The van der Waals surface area contributed by atoms with Gasteiger partial charge in [-0.05, 0) is 25.0 Å². The first-order valence-electron chi connectivity index (χ1n) is 5.95. The van der Waals surface area contributed by atoms with E-state index in [1.165, 1.54) is 0 Å². The zero-order valence-corrected chi connectivity index (χ0v) is 9.48. The molecule has 2 aromatic rings. The third-order valence-corrected chi connectivity index (χ3v) is 2.92. The van der Waals surface area contributed by atoms with Gasteiger partial charge in [0.25, 0.3) is 0 Å². The second-order valence-corrected chi connectivity index (χ2v) is 4.39. The fraction of sp³-hybridized carbons (Fsp3) is 0.385. The molecule has 1 amide bonds. The molecule has 1 heterocycles.